The largest absolute Gasteiger partial charge is 0.459 e. The van der Waals surface area contributed by atoms with Gasteiger partial charge in [0.25, 0.3) is 0 Å². The van der Waals surface area contributed by atoms with Crippen molar-refractivity contribution in [2.24, 2.45) is 22.7 Å². The molecule has 2 heteroatoms. The minimum atomic E-state index is -0.323. The molecule has 0 radical (unpaired) electrons. The Bertz CT molecular complexity index is 486. The number of esters is 1. The van der Waals surface area contributed by atoms with E-state index in [0.29, 0.717) is 11.3 Å². The average molecular weight is 321 g/mol. The van der Waals surface area contributed by atoms with Crippen LogP contribution in [0.25, 0.3) is 0 Å². The molecule has 0 N–H and O–H groups in total. The molecule has 132 valence electrons. The van der Waals surface area contributed by atoms with Crippen LogP contribution in [0.15, 0.2) is 11.6 Å². The molecule has 2 rings (SSSR count). The number of allylic oxidation sites excluding steroid dienone is 2. The van der Waals surface area contributed by atoms with Crippen molar-refractivity contribution in [1.29, 1.82) is 0 Å². The highest BCUT2D eigenvalue weighted by Gasteiger charge is 2.59. The fourth-order valence-corrected chi connectivity index (χ4v) is 5.93. The van der Waals surface area contributed by atoms with E-state index >= 15 is 0 Å². The molecule has 2 fully saturated rings. The van der Waals surface area contributed by atoms with Crippen LogP contribution in [0.2, 0.25) is 0 Å². The molecule has 4 atom stereocenters. The van der Waals surface area contributed by atoms with Crippen molar-refractivity contribution in [1.82, 2.24) is 0 Å². The minimum absolute atomic E-state index is 0.133. The topological polar surface area (TPSA) is 26.3 Å². The summed E-state index contributed by atoms with van der Waals surface area (Å²) in [7, 11) is 0. The number of ether oxygens (including phenoxy) is 1. The van der Waals surface area contributed by atoms with E-state index in [4.69, 9.17) is 4.74 Å². The lowest BCUT2D eigenvalue weighted by molar-refractivity contribution is -0.197. The van der Waals surface area contributed by atoms with Crippen LogP contribution in [-0.2, 0) is 9.53 Å². The first kappa shape index (κ1) is 18.5. The summed E-state index contributed by atoms with van der Waals surface area (Å²) in [6, 6.07) is 0. The van der Waals surface area contributed by atoms with Gasteiger partial charge in [-0.15, -0.1) is 0 Å². The van der Waals surface area contributed by atoms with E-state index in [2.05, 4.69) is 47.6 Å². The molecule has 23 heavy (non-hydrogen) atoms. The average Bonchev–Trinajstić information content (AvgIpc) is 2.34. The van der Waals surface area contributed by atoms with Gasteiger partial charge in [-0.2, -0.15) is 0 Å². The van der Waals surface area contributed by atoms with Crippen LogP contribution in [0.3, 0.4) is 0 Å². The first-order valence-electron chi connectivity index (χ1n) is 9.34. The maximum absolute atomic E-state index is 11.8. The van der Waals surface area contributed by atoms with Crippen LogP contribution >= 0.6 is 0 Å². The zero-order valence-electron chi connectivity index (χ0n) is 16.3. The van der Waals surface area contributed by atoms with Gasteiger partial charge in [-0.3, -0.25) is 4.79 Å². The lowest BCUT2D eigenvalue weighted by Gasteiger charge is -2.61. The Kier molecular flexibility index (Phi) is 5.05. The summed E-state index contributed by atoms with van der Waals surface area (Å²) in [5.74, 6) is 1.00. The third-order valence-electron chi connectivity index (χ3n) is 6.88. The van der Waals surface area contributed by atoms with E-state index in [1.807, 2.05) is 0 Å². The molecule has 0 aromatic heterocycles. The highest BCUT2D eigenvalue weighted by Crippen LogP contribution is 2.63. The van der Waals surface area contributed by atoms with Crippen molar-refractivity contribution < 1.29 is 9.53 Å². The van der Waals surface area contributed by atoms with Gasteiger partial charge in [0.1, 0.15) is 5.60 Å². The van der Waals surface area contributed by atoms with Crippen molar-refractivity contribution in [3.63, 3.8) is 0 Å². The fourth-order valence-electron chi connectivity index (χ4n) is 5.93. The zero-order chi connectivity index (χ0) is 17.5. The molecule has 0 aliphatic heterocycles. The standard InChI is InChI=1S/C21H36O2/c1-15(2)9-10-18-20(6)13-8-12-19(4,5)17(20)11-14-21(18,7)23-16(3)22/h9,17-18H,8,10-14H2,1-7H3/t17-,18+,20-,21+/m0/s1. The van der Waals surface area contributed by atoms with Gasteiger partial charge in [-0.25, -0.2) is 0 Å². The number of carbonyl (C=O) groups excluding carboxylic acids is 1. The quantitative estimate of drug-likeness (QED) is 0.477. The van der Waals surface area contributed by atoms with E-state index in [9.17, 15) is 4.79 Å². The van der Waals surface area contributed by atoms with Gasteiger partial charge >= 0.3 is 5.97 Å². The monoisotopic (exact) mass is 320 g/mol. The van der Waals surface area contributed by atoms with Crippen molar-refractivity contribution in [3.05, 3.63) is 11.6 Å². The van der Waals surface area contributed by atoms with Crippen LogP contribution in [0.4, 0.5) is 0 Å². The van der Waals surface area contributed by atoms with E-state index in [0.717, 1.165) is 18.8 Å². The molecule has 2 saturated carbocycles. The van der Waals surface area contributed by atoms with Crippen molar-refractivity contribution in [3.8, 4) is 0 Å². The number of fused-ring (bicyclic) bond motifs is 1. The molecule has 2 aliphatic carbocycles. The SMILES string of the molecule is CC(=O)O[C@]1(C)CC[C@H]2C(C)(C)CCC[C@]2(C)[C@H]1CC=C(C)C. The summed E-state index contributed by atoms with van der Waals surface area (Å²) in [6.07, 6.45) is 9.43. The molecule has 0 amide bonds. The summed E-state index contributed by atoms with van der Waals surface area (Å²) >= 11 is 0. The summed E-state index contributed by atoms with van der Waals surface area (Å²) in [6.45, 7) is 15.4. The summed E-state index contributed by atoms with van der Waals surface area (Å²) in [5.41, 5.74) is 1.69. The number of hydrogen-bond acceptors (Lipinski definition) is 2. The van der Waals surface area contributed by atoms with E-state index in [1.165, 1.54) is 31.3 Å². The van der Waals surface area contributed by atoms with E-state index in [-0.39, 0.29) is 17.0 Å². The number of hydrogen-bond donors (Lipinski definition) is 0. The third-order valence-corrected chi connectivity index (χ3v) is 6.88. The Morgan fingerprint density at radius 3 is 2.30 bits per heavy atom. The molecule has 2 aliphatic rings. The Morgan fingerprint density at radius 1 is 1.09 bits per heavy atom. The highest BCUT2D eigenvalue weighted by atomic mass is 16.6. The lowest BCUT2D eigenvalue weighted by atomic mass is 9.45. The summed E-state index contributed by atoms with van der Waals surface area (Å²) in [5, 5.41) is 0. The van der Waals surface area contributed by atoms with Gasteiger partial charge < -0.3 is 4.74 Å². The molecular formula is C21H36O2. The zero-order valence-corrected chi connectivity index (χ0v) is 16.3. The Balaban J connectivity index is 2.42. The van der Waals surface area contributed by atoms with E-state index < -0.39 is 0 Å². The summed E-state index contributed by atoms with van der Waals surface area (Å²) < 4.78 is 5.94. The molecule has 0 heterocycles. The molecule has 2 nitrogen and oxygen atoms in total. The molecule has 0 aromatic rings. The molecule has 0 bridgehead atoms. The lowest BCUT2D eigenvalue weighted by Crippen LogP contribution is -2.58. The fraction of sp³-hybridized carbons (Fsp3) is 0.857. The molecular weight excluding hydrogens is 284 g/mol. The molecule has 0 spiro atoms. The maximum Gasteiger partial charge on any atom is 0.303 e. The normalized spacial score (nSPS) is 39.3. The van der Waals surface area contributed by atoms with Crippen LogP contribution in [0.5, 0.6) is 0 Å². The first-order chi connectivity index (χ1) is 10.5. The van der Waals surface area contributed by atoms with Crippen LogP contribution in [0, 0.1) is 22.7 Å². The van der Waals surface area contributed by atoms with Gasteiger partial charge in [0, 0.05) is 12.8 Å². The predicted octanol–water partition coefficient (Wildman–Crippen LogP) is 5.91. The van der Waals surface area contributed by atoms with Gasteiger partial charge in [-0.05, 0) is 69.6 Å². The minimum Gasteiger partial charge on any atom is -0.459 e. The summed E-state index contributed by atoms with van der Waals surface area (Å²) in [4.78, 5) is 11.8. The van der Waals surface area contributed by atoms with Gasteiger partial charge in [0.15, 0.2) is 0 Å². The Hall–Kier alpha value is -0.790. The maximum atomic E-state index is 11.8. The van der Waals surface area contributed by atoms with Gasteiger partial charge in [0.05, 0.1) is 0 Å². The smallest absolute Gasteiger partial charge is 0.303 e. The first-order valence-corrected chi connectivity index (χ1v) is 9.34. The highest BCUT2D eigenvalue weighted by molar-refractivity contribution is 5.66. The van der Waals surface area contributed by atoms with Crippen molar-refractivity contribution in [2.75, 3.05) is 0 Å². The molecule has 0 unspecified atom stereocenters. The second kappa shape index (κ2) is 6.26. The van der Waals surface area contributed by atoms with E-state index in [1.54, 1.807) is 6.92 Å². The van der Waals surface area contributed by atoms with Gasteiger partial charge in [-0.1, -0.05) is 38.8 Å². The molecule has 0 saturated heterocycles. The second-order valence-corrected chi connectivity index (χ2v) is 9.42. The molecule has 0 aromatic carbocycles. The Morgan fingerprint density at radius 2 is 1.74 bits per heavy atom. The Labute approximate surface area is 143 Å². The van der Waals surface area contributed by atoms with Crippen molar-refractivity contribution in [2.45, 2.75) is 92.6 Å². The third kappa shape index (κ3) is 3.51. The second-order valence-electron chi connectivity index (χ2n) is 9.42. The van der Waals surface area contributed by atoms with Crippen LogP contribution < -0.4 is 0 Å². The predicted molar refractivity (Wildman–Crippen MR) is 96.2 cm³/mol. The number of rotatable bonds is 3. The number of carbonyl (C=O) groups is 1. The van der Waals surface area contributed by atoms with Crippen LogP contribution in [-0.4, -0.2) is 11.6 Å². The van der Waals surface area contributed by atoms with Gasteiger partial charge in [0.2, 0.25) is 0 Å². The van der Waals surface area contributed by atoms with Crippen molar-refractivity contribution >= 4 is 5.97 Å². The van der Waals surface area contributed by atoms with Crippen LogP contribution in [0.1, 0.15) is 87.0 Å².